The van der Waals surface area contributed by atoms with Crippen LogP contribution in [-0.4, -0.2) is 70.7 Å². The van der Waals surface area contributed by atoms with E-state index in [-0.39, 0.29) is 48.3 Å². The number of nitrogens with zero attached hydrogens (tertiary/aromatic N) is 3. The number of pyridine rings is 1. The normalized spacial score (nSPS) is 19.3. The number of hydrogen-bond donors (Lipinski definition) is 2. The molecule has 8 nitrogen and oxygen atoms in total. The maximum atomic E-state index is 13.1. The molecule has 3 atom stereocenters. The zero-order chi connectivity index (χ0) is 23.4. The third-order valence-electron chi connectivity index (χ3n) is 5.38. The lowest BCUT2D eigenvalue weighted by molar-refractivity contribution is 0.0356. The summed E-state index contributed by atoms with van der Waals surface area (Å²) in [6.07, 6.45) is 1.08. The summed E-state index contributed by atoms with van der Waals surface area (Å²) < 4.78 is 19.8. The third-order valence-corrected chi connectivity index (χ3v) is 5.82. The smallest absolute Gasteiger partial charge is 0.321 e. The van der Waals surface area contributed by atoms with E-state index < -0.39 is 12.1 Å². The minimum Gasteiger partial charge on any atom is -0.472 e. The predicted molar refractivity (Wildman–Crippen MR) is 121 cm³/mol. The van der Waals surface area contributed by atoms with E-state index in [2.05, 4.69) is 26.2 Å². The molecule has 0 aliphatic carbocycles. The van der Waals surface area contributed by atoms with Crippen molar-refractivity contribution >= 4 is 33.6 Å². The standard InChI is InChI=1S/C22H26BrFN4O4/c1-13-10-28(14(2)12-29)21(30)18-8-15(23)9-25-20(18)32-19(13)11-27(3)22(31)26-17-6-4-16(24)5-7-17/h4-9,13-14,19,29H,10-12H2,1-3H3,(H,26,31)/t13-,14+,19+/m0/s1. The quantitative estimate of drug-likeness (QED) is 0.645. The second kappa shape index (κ2) is 10.3. The molecule has 0 unspecified atom stereocenters. The van der Waals surface area contributed by atoms with Crippen molar-refractivity contribution in [1.29, 1.82) is 0 Å². The molecule has 1 aromatic heterocycles. The van der Waals surface area contributed by atoms with Gasteiger partial charge in [0.1, 0.15) is 17.5 Å². The zero-order valence-corrected chi connectivity index (χ0v) is 19.7. The number of urea groups is 1. The number of benzene rings is 1. The molecule has 0 fully saturated rings. The number of likely N-dealkylation sites (N-methyl/N-ethyl adjacent to an activating group) is 1. The van der Waals surface area contributed by atoms with Gasteiger partial charge in [0.15, 0.2) is 0 Å². The Hall–Kier alpha value is -2.72. The molecule has 10 heteroatoms. The van der Waals surface area contributed by atoms with Crippen molar-refractivity contribution in [1.82, 2.24) is 14.8 Å². The number of carbonyl (C=O) groups is 2. The van der Waals surface area contributed by atoms with Crippen LogP contribution in [0, 0.1) is 11.7 Å². The number of ether oxygens (including phenoxy) is 1. The van der Waals surface area contributed by atoms with E-state index in [4.69, 9.17) is 4.74 Å². The number of fused-ring (bicyclic) bond motifs is 1. The lowest BCUT2D eigenvalue weighted by Gasteiger charge is -2.37. The van der Waals surface area contributed by atoms with Crippen molar-refractivity contribution in [3.63, 3.8) is 0 Å². The monoisotopic (exact) mass is 508 g/mol. The molecular formula is C22H26BrFN4O4. The van der Waals surface area contributed by atoms with Crippen molar-refractivity contribution in [2.75, 3.05) is 32.1 Å². The predicted octanol–water partition coefficient (Wildman–Crippen LogP) is 3.37. The first kappa shape index (κ1) is 23.9. The molecule has 1 aliphatic rings. The van der Waals surface area contributed by atoms with Gasteiger partial charge in [0, 0.05) is 35.9 Å². The molecule has 3 amide bonds. The van der Waals surface area contributed by atoms with Crippen molar-refractivity contribution in [2.45, 2.75) is 26.0 Å². The van der Waals surface area contributed by atoms with Crippen molar-refractivity contribution in [2.24, 2.45) is 5.92 Å². The van der Waals surface area contributed by atoms with Crippen molar-refractivity contribution < 1.29 is 23.8 Å². The number of hydrogen-bond acceptors (Lipinski definition) is 5. The highest BCUT2D eigenvalue weighted by Gasteiger charge is 2.34. The first-order valence-corrected chi connectivity index (χ1v) is 11.0. The van der Waals surface area contributed by atoms with Gasteiger partial charge in [-0.1, -0.05) is 6.92 Å². The van der Waals surface area contributed by atoms with Gasteiger partial charge in [0.2, 0.25) is 5.88 Å². The van der Waals surface area contributed by atoms with Crippen LogP contribution in [0.15, 0.2) is 41.0 Å². The van der Waals surface area contributed by atoms with Crippen LogP contribution in [0.3, 0.4) is 0 Å². The number of nitrogens with one attached hydrogen (secondary N) is 1. The van der Waals surface area contributed by atoms with E-state index in [1.54, 1.807) is 31.1 Å². The van der Waals surface area contributed by atoms with Crippen LogP contribution < -0.4 is 10.1 Å². The molecule has 0 bridgehead atoms. The van der Waals surface area contributed by atoms with E-state index in [0.29, 0.717) is 16.7 Å². The molecule has 0 saturated carbocycles. The first-order chi connectivity index (χ1) is 15.2. The van der Waals surface area contributed by atoms with E-state index in [1.807, 2.05) is 6.92 Å². The van der Waals surface area contributed by atoms with Gasteiger partial charge in [-0.2, -0.15) is 0 Å². The highest BCUT2D eigenvalue weighted by atomic mass is 79.9. The molecule has 0 radical (unpaired) electrons. The number of amides is 3. The number of anilines is 1. The molecular weight excluding hydrogens is 483 g/mol. The van der Waals surface area contributed by atoms with Crippen LogP contribution in [0.1, 0.15) is 24.2 Å². The molecule has 1 aliphatic heterocycles. The van der Waals surface area contributed by atoms with Gasteiger partial charge in [0.25, 0.3) is 5.91 Å². The molecule has 0 spiro atoms. The van der Waals surface area contributed by atoms with Gasteiger partial charge in [-0.3, -0.25) is 4.79 Å². The van der Waals surface area contributed by atoms with Crippen LogP contribution in [0.2, 0.25) is 0 Å². The summed E-state index contributed by atoms with van der Waals surface area (Å²) in [7, 11) is 1.63. The number of aliphatic hydroxyl groups excluding tert-OH is 1. The third kappa shape index (κ3) is 5.55. The molecule has 3 rings (SSSR count). The van der Waals surface area contributed by atoms with E-state index in [1.165, 1.54) is 29.2 Å². The SMILES string of the molecule is C[C@H](CO)N1C[C@H](C)[C@@H](CN(C)C(=O)Nc2ccc(F)cc2)Oc2ncc(Br)cc2C1=O. The number of aromatic nitrogens is 1. The average Bonchev–Trinajstić information content (AvgIpc) is 2.77. The molecule has 0 saturated heterocycles. The number of carbonyl (C=O) groups excluding carboxylic acids is 2. The molecule has 2 aromatic rings. The van der Waals surface area contributed by atoms with Gasteiger partial charge in [0.05, 0.1) is 19.2 Å². The van der Waals surface area contributed by atoms with E-state index in [9.17, 15) is 19.1 Å². The first-order valence-electron chi connectivity index (χ1n) is 10.2. The van der Waals surface area contributed by atoms with Crippen molar-refractivity contribution in [3.05, 3.63) is 52.4 Å². The second-order valence-electron chi connectivity index (χ2n) is 7.95. The lowest BCUT2D eigenvalue weighted by atomic mass is 10.0. The average molecular weight is 509 g/mol. The largest absolute Gasteiger partial charge is 0.472 e. The summed E-state index contributed by atoms with van der Waals surface area (Å²) >= 11 is 3.34. The lowest BCUT2D eigenvalue weighted by Crippen LogP contribution is -2.50. The fourth-order valence-electron chi connectivity index (χ4n) is 3.40. The van der Waals surface area contributed by atoms with Crippen LogP contribution in [-0.2, 0) is 0 Å². The number of rotatable bonds is 5. The van der Waals surface area contributed by atoms with Crippen LogP contribution >= 0.6 is 15.9 Å². The van der Waals surface area contributed by atoms with Gasteiger partial charge in [-0.05, 0) is 53.2 Å². The van der Waals surface area contributed by atoms with Gasteiger partial charge >= 0.3 is 6.03 Å². The van der Waals surface area contributed by atoms with Gasteiger partial charge in [-0.15, -0.1) is 0 Å². The van der Waals surface area contributed by atoms with Crippen LogP contribution in [0.5, 0.6) is 5.88 Å². The summed E-state index contributed by atoms with van der Waals surface area (Å²) in [4.78, 5) is 33.1. The molecule has 32 heavy (non-hydrogen) atoms. The number of halogens is 2. The van der Waals surface area contributed by atoms with Gasteiger partial charge in [-0.25, -0.2) is 14.2 Å². The summed E-state index contributed by atoms with van der Waals surface area (Å²) in [5, 5.41) is 12.4. The Kier molecular flexibility index (Phi) is 7.68. The van der Waals surface area contributed by atoms with Gasteiger partial charge < -0.3 is 25.0 Å². The molecule has 172 valence electrons. The van der Waals surface area contributed by atoms with Crippen LogP contribution in [0.25, 0.3) is 0 Å². The second-order valence-corrected chi connectivity index (χ2v) is 8.86. The molecule has 2 heterocycles. The Morgan fingerprint density at radius 1 is 1.44 bits per heavy atom. The molecule has 1 aromatic carbocycles. The Bertz CT molecular complexity index is 975. The fraction of sp³-hybridized carbons (Fsp3) is 0.409. The Morgan fingerprint density at radius 2 is 2.12 bits per heavy atom. The Labute approximate surface area is 194 Å². The minimum absolute atomic E-state index is 0.160. The zero-order valence-electron chi connectivity index (χ0n) is 18.1. The maximum absolute atomic E-state index is 13.1. The van der Waals surface area contributed by atoms with Crippen LogP contribution in [0.4, 0.5) is 14.9 Å². The van der Waals surface area contributed by atoms with E-state index in [0.717, 1.165) is 0 Å². The Balaban J connectivity index is 1.81. The highest BCUT2D eigenvalue weighted by molar-refractivity contribution is 9.10. The maximum Gasteiger partial charge on any atom is 0.321 e. The summed E-state index contributed by atoms with van der Waals surface area (Å²) in [5.74, 6) is -0.644. The summed E-state index contributed by atoms with van der Waals surface area (Å²) in [5.41, 5.74) is 0.760. The summed E-state index contributed by atoms with van der Waals surface area (Å²) in [6.45, 7) is 4.08. The summed E-state index contributed by atoms with van der Waals surface area (Å²) in [6, 6.07) is 6.36. The Morgan fingerprint density at radius 3 is 2.78 bits per heavy atom. The van der Waals surface area contributed by atoms with E-state index >= 15 is 0 Å². The minimum atomic E-state index is -0.465. The topological polar surface area (TPSA) is 95.0 Å². The number of aliphatic hydroxyl groups is 1. The molecule has 2 N–H and O–H groups in total. The highest BCUT2D eigenvalue weighted by Crippen LogP contribution is 2.28. The van der Waals surface area contributed by atoms with Crippen molar-refractivity contribution in [3.8, 4) is 5.88 Å². The fourth-order valence-corrected chi connectivity index (χ4v) is 3.73.